The van der Waals surface area contributed by atoms with E-state index in [4.69, 9.17) is 10.2 Å². The van der Waals surface area contributed by atoms with Crippen LogP contribution in [0.15, 0.2) is 73.1 Å². The first-order chi connectivity index (χ1) is 12.4. The predicted octanol–water partition coefficient (Wildman–Crippen LogP) is 2.70. The van der Waals surface area contributed by atoms with Gasteiger partial charge < -0.3 is 10.2 Å². The molecule has 1 unspecified atom stereocenters. The van der Waals surface area contributed by atoms with Gasteiger partial charge in [-0.3, -0.25) is 4.98 Å². The van der Waals surface area contributed by atoms with E-state index in [0.29, 0.717) is 5.82 Å². The highest BCUT2D eigenvalue weighted by molar-refractivity contribution is 6.80. The number of aromatic nitrogens is 2. The molecule has 0 saturated carbocycles. The summed E-state index contributed by atoms with van der Waals surface area (Å²) in [7, 11) is -1.89. The summed E-state index contributed by atoms with van der Waals surface area (Å²) >= 11 is 0. The lowest BCUT2D eigenvalue weighted by atomic mass is 9.87. The minimum absolute atomic E-state index is 0.125. The van der Waals surface area contributed by atoms with Crippen molar-refractivity contribution in [1.82, 2.24) is 9.97 Å². The van der Waals surface area contributed by atoms with Crippen LogP contribution in [0.1, 0.15) is 32.6 Å². The molecule has 0 aliphatic heterocycles. The molecule has 1 atom stereocenters. The van der Waals surface area contributed by atoms with Crippen molar-refractivity contribution in [3.8, 4) is 0 Å². The molecule has 3 rings (SSSR count). The van der Waals surface area contributed by atoms with Gasteiger partial charge in [0, 0.05) is 0 Å². The number of nitrogen functional groups attached to an aromatic ring is 1. The fourth-order valence-electron chi connectivity index (χ4n) is 2.94. The van der Waals surface area contributed by atoms with E-state index in [9.17, 15) is 0 Å². The number of benzene rings is 2. The smallest absolute Gasteiger partial charge is 0.240 e. The van der Waals surface area contributed by atoms with E-state index in [-0.39, 0.29) is 11.5 Å². The molecule has 5 heteroatoms. The predicted molar refractivity (Wildman–Crippen MR) is 109 cm³/mol. The summed E-state index contributed by atoms with van der Waals surface area (Å²) in [4.78, 5) is 8.71. The second-order valence-electron chi connectivity index (χ2n) is 7.45. The first-order valence-corrected chi connectivity index (χ1v) is 10.4. The third kappa shape index (κ3) is 4.36. The Labute approximate surface area is 156 Å². The maximum atomic E-state index is 6.81. The summed E-state index contributed by atoms with van der Waals surface area (Å²) < 4.78 is 6.81. The molecule has 0 amide bonds. The van der Waals surface area contributed by atoms with Crippen molar-refractivity contribution >= 4 is 25.2 Å². The fraction of sp³-hybridized carbons (Fsp3) is 0.238. The van der Waals surface area contributed by atoms with Gasteiger partial charge in [0.15, 0.2) is 0 Å². The van der Waals surface area contributed by atoms with Crippen LogP contribution in [-0.4, -0.2) is 19.0 Å². The van der Waals surface area contributed by atoms with E-state index in [1.807, 2.05) is 12.1 Å². The summed E-state index contributed by atoms with van der Waals surface area (Å²) in [6.07, 6.45) is 3.15. The largest absolute Gasteiger partial charge is 0.402 e. The SMILES string of the molecule is CC(C)(C)C(O[SiH](c1ccccc1)c1ccccc1)c1cnc(N)cn1. The van der Waals surface area contributed by atoms with Gasteiger partial charge in [0.1, 0.15) is 5.82 Å². The van der Waals surface area contributed by atoms with Crippen LogP contribution in [0.25, 0.3) is 0 Å². The monoisotopic (exact) mass is 363 g/mol. The zero-order valence-electron chi connectivity index (χ0n) is 15.5. The van der Waals surface area contributed by atoms with Gasteiger partial charge in [-0.2, -0.15) is 0 Å². The highest BCUT2D eigenvalue weighted by atomic mass is 28.3. The highest BCUT2D eigenvalue weighted by Crippen LogP contribution is 2.35. The maximum Gasteiger partial charge on any atom is 0.240 e. The molecular formula is C21H25N3OSi. The molecule has 26 heavy (non-hydrogen) atoms. The van der Waals surface area contributed by atoms with Gasteiger partial charge in [-0.25, -0.2) is 4.98 Å². The highest BCUT2D eigenvalue weighted by Gasteiger charge is 2.33. The van der Waals surface area contributed by atoms with E-state index in [2.05, 4.69) is 79.3 Å². The van der Waals surface area contributed by atoms with Gasteiger partial charge in [-0.1, -0.05) is 81.4 Å². The first-order valence-electron chi connectivity index (χ1n) is 8.78. The van der Waals surface area contributed by atoms with Crippen molar-refractivity contribution in [3.05, 3.63) is 78.8 Å². The van der Waals surface area contributed by atoms with E-state index in [1.165, 1.54) is 10.4 Å². The number of nitrogens with two attached hydrogens (primary N) is 1. The minimum Gasteiger partial charge on any atom is -0.402 e. The third-order valence-electron chi connectivity index (χ3n) is 4.22. The van der Waals surface area contributed by atoms with Crippen LogP contribution >= 0.6 is 0 Å². The summed E-state index contributed by atoms with van der Waals surface area (Å²) in [6, 6.07) is 20.9. The van der Waals surface area contributed by atoms with Crippen molar-refractivity contribution in [3.63, 3.8) is 0 Å². The lowest BCUT2D eigenvalue weighted by molar-refractivity contribution is 0.0854. The van der Waals surface area contributed by atoms with Gasteiger partial charge in [-0.05, 0) is 15.8 Å². The third-order valence-corrected chi connectivity index (χ3v) is 6.75. The normalized spacial score (nSPS) is 12.9. The lowest BCUT2D eigenvalue weighted by Gasteiger charge is -2.33. The number of nitrogens with zero attached hydrogens (tertiary/aromatic N) is 2. The Morgan fingerprint density at radius 1 is 0.846 bits per heavy atom. The van der Waals surface area contributed by atoms with Crippen LogP contribution in [0.5, 0.6) is 0 Å². The van der Waals surface area contributed by atoms with Crippen molar-refractivity contribution in [1.29, 1.82) is 0 Å². The lowest BCUT2D eigenvalue weighted by Crippen LogP contribution is -2.47. The molecule has 134 valence electrons. The zero-order chi connectivity index (χ0) is 18.6. The second kappa shape index (κ2) is 7.80. The minimum atomic E-state index is -1.89. The molecule has 0 saturated heterocycles. The Morgan fingerprint density at radius 2 is 1.38 bits per heavy atom. The first kappa shape index (κ1) is 18.3. The molecule has 1 heterocycles. The summed E-state index contributed by atoms with van der Waals surface area (Å²) in [5.41, 5.74) is 6.40. The van der Waals surface area contributed by atoms with Crippen LogP contribution in [0.3, 0.4) is 0 Å². The van der Waals surface area contributed by atoms with Gasteiger partial charge >= 0.3 is 0 Å². The van der Waals surface area contributed by atoms with Crippen molar-refractivity contribution < 1.29 is 4.43 Å². The summed E-state index contributed by atoms with van der Waals surface area (Å²) in [5.74, 6) is 0.418. The summed E-state index contributed by atoms with van der Waals surface area (Å²) in [6.45, 7) is 6.49. The summed E-state index contributed by atoms with van der Waals surface area (Å²) in [5, 5.41) is 2.49. The van der Waals surface area contributed by atoms with Crippen LogP contribution in [-0.2, 0) is 4.43 Å². The van der Waals surface area contributed by atoms with Crippen LogP contribution in [0, 0.1) is 5.41 Å². The molecule has 0 aliphatic carbocycles. The van der Waals surface area contributed by atoms with Crippen molar-refractivity contribution in [2.24, 2.45) is 5.41 Å². The van der Waals surface area contributed by atoms with Crippen molar-refractivity contribution in [2.75, 3.05) is 5.73 Å². The van der Waals surface area contributed by atoms with Crippen LogP contribution in [0.2, 0.25) is 0 Å². The molecule has 0 aliphatic rings. The second-order valence-corrected chi connectivity index (χ2v) is 9.82. The van der Waals surface area contributed by atoms with E-state index < -0.39 is 9.04 Å². The molecule has 0 bridgehead atoms. The van der Waals surface area contributed by atoms with Gasteiger partial charge in [0.2, 0.25) is 9.04 Å². The molecular weight excluding hydrogens is 338 g/mol. The van der Waals surface area contributed by atoms with E-state index in [1.54, 1.807) is 12.4 Å². The number of hydrogen-bond donors (Lipinski definition) is 1. The molecule has 3 aromatic rings. The number of hydrogen-bond acceptors (Lipinski definition) is 4. The van der Waals surface area contributed by atoms with E-state index in [0.717, 1.165) is 5.69 Å². The topological polar surface area (TPSA) is 61.0 Å². The van der Waals surface area contributed by atoms with Gasteiger partial charge in [0.05, 0.1) is 24.2 Å². The fourth-order valence-corrected chi connectivity index (χ4v) is 5.60. The molecule has 0 spiro atoms. The van der Waals surface area contributed by atoms with Gasteiger partial charge in [-0.15, -0.1) is 0 Å². The Kier molecular flexibility index (Phi) is 5.49. The Hall–Kier alpha value is -2.50. The quantitative estimate of drug-likeness (QED) is 0.708. The Morgan fingerprint density at radius 3 is 1.81 bits per heavy atom. The number of rotatable bonds is 5. The molecule has 2 N–H and O–H groups in total. The molecule has 0 radical (unpaired) electrons. The Balaban J connectivity index is 2.01. The molecule has 2 aromatic carbocycles. The maximum absolute atomic E-state index is 6.81. The van der Waals surface area contributed by atoms with Gasteiger partial charge in [0.25, 0.3) is 0 Å². The standard InChI is InChI=1S/C21H25N3OSi/c1-21(2,3)20(18-14-24-19(22)15-23-18)25-26(16-10-6-4-7-11-16)17-12-8-5-9-13-17/h4-15,20,26H,1-3H3,(H2,22,24). The Bertz CT molecular complexity index is 778. The van der Waals surface area contributed by atoms with Crippen molar-refractivity contribution in [2.45, 2.75) is 26.9 Å². The molecule has 1 aromatic heterocycles. The van der Waals surface area contributed by atoms with E-state index >= 15 is 0 Å². The average molecular weight is 364 g/mol. The van der Waals surface area contributed by atoms with Crippen LogP contribution in [0.4, 0.5) is 5.82 Å². The molecule has 4 nitrogen and oxygen atoms in total. The number of anilines is 1. The zero-order valence-corrected chi connectivity index (χ0v) is 16.6. The van der Waals surface area contributed by atoms with Crippen LogP contribution < -0.4 is 16.1 Å². The average Bonchev–Trinajstić information content (AvgIpc) is 2.64. The molecule has 0 fully saturated rings.